The smallest absolute Gasteiger partial charge is 0.108 e. The summed E-state index contributed by atoms with van der Waals surface area (Å²) in [7, 11) is 2.09. The van der Waals surface area contributed by atoms with Crippen LogP contribution in [0.3, 0.4) is 0 Å². The van der Waals surface area contributed by atoms with E-state index in [0.717, 1.165) is 18.9 Å². The van der Waals surface area contributed by atoms with Gasteiger partial charge in [0.15, 0.2) is 0 Å². The minimum absolute atomic E-state index is 0.677. The van der Waals surface area contributed by atoms with Crippen molar-refractivity contribution in [3.05, 3.63) is 18.2 Å². The molecule has 18 heavy (non-hydrogen) atoms. The molecule has 2 heterocycles. The molecule has 1 saturated heterocycles. The second-order valence-electron chi connectivity index (χ2n) is 5.18. The van der Waals surface area contributed by atoms with Crippen molar-refractivity contribution in [2.75, 3.05) is 18.1 Å². The van der Waals surface area contributed by atoms with Crippen molar-refractivity contribution >= 4 is 11.8 Å². The van der Waals surface area contributed by atoms with Crippen LogP contribution < -0.4 is 5.32 Å². The van der Waals surface area contributed by atoms with Crippen LogP contribution in [-0.2, 0) is 13.5 Å². The van der Waals surface area contributed by atoms with Crippen molar-refractivity contribution < 1.29 is 0 Å². The number of aryl methyl sites for hydroxylation is 2. The van der Waals surface area contributed by atoms with E-state index in [4.69, 9.17) is 0 Å². The van der Waals surface area contributed by atoms with Crippen molar-refractivity contribution in [2.45, 2.75) is 38.6 Å². The van der Waals surface area contributed by atoms with E-state index in [2.05, 4.69) is 40.6 Å². The lowest BCUT2D eigenvalue weighted by atomic mass is 9.94. The second kappa shape index (κ2) is 7.19. The van der Waals surface area contributed by atoms with Gasteiger partial charge in [-0.15, -0.1) is 0 Å². The number of aromatic nitrogens is 2. The van der Waals surface area contributed by atoms with E-state index in [1.165, 1.54) is 36.6 Å². The van der Waals surface area contributed by atoms with Crippen LogP contribution in [0.2, 0.25) is 0 Å². The number of nitrogens with zero attached hydrogens (tertiary/aromatic N) is 2. The fourth-order valence-corrected chi connectivity index (χ4v) is 3.96. The molecule has 1 N–H and O–H groups in total. The molecule has 2 rings (SSSR count). The zero-order valence-corrected chi connectivity index (χ0v) is 12.4. The first kappa shape index (κ1) is 13.9. The molecule has 0 aromatic carbocycles. The van der Waals surface area contributed by atoms with Gasteiger partial charge in [0, 0.05) is 31.9 Å². The number of thioether (sulfide) groups is 1. The van der Waals surface area contributed by atoms with E-state index in [0.29, 0.717) is 6.04 Å². The molecule has 102 valence electrons. The molecule has 1 aliphatic heterocycles. The van der Waals surface area contributed by atoms with Gasteiger partial charge < -0.3 is 9.88 Å². The Morgan fingerprint density at radius 3 is 3.11 bits per heavy atom. The van der Waals surface area contributed by atoms with Gasteiger partial charge in [0.05, 0.1) is 0 Å². The van der Waals surface area contributed by atoms with Crippen molar-refractivity contribution in [3.8, 4) is 0 Å². The minimum atomic E-state index is 0.677. The number of hydrogen-bond acceptors (Lipinski definition) is 3. The summed E-state index contributed by atoms with van der Waals surface area (Å²) in [4.78, 5) is 4.42. The topological polar surface area (TPSA) is 29.9 Å². The first-order valence-electron chi connectivity index (χ1n) is 7.08. The Hall–Kier alpha value is -0.480. The van der Waals surface area contributed by atoms with Crippen molar-refractivity contribution in [2.24, 2.45) is 13.0 Å². The minimum Gasteiger partial charge on any atom is -0.338 e. The Balaban J connectivity index is 1.86. The summed E-state index contributed by atoms with van der Waals surface area (Å²) >= 11 is 2.11. The Bertz CT molecular complexity index is 345. The summed E-state index contributed by atoms with van der Waals surface area (Å²) in [6.07, 6.45) is 8.85. The Morgan fingerprint density at radius 1 is 1.61 bits per heavy atom. The fraction of sp³-hybridized carbons (Fsp3) is 0.786. The van der Waals surface area contributed by atoms with Gasteiger partial charge in [0.25, 0.3) is 0 Å². The van der Waals surface area contributed by atoms with Gasteiger partial charge >= 0.3 is 0 Å². The molecular formula is C14H25N3S. The zero-order chi connectivity index (χ0) is 12.8. The van der Waals surface area contributed by atoms with Crippen LogP contribution in [0.15, 0.2) is 12.4 Å². The molecule has 1 fully saturated rings. The predicted molar refractivity (Wildman–Crippen MR) is 79.0 cm³/mol. The Morgan fingerprint density at radius 2 is 2.50 bits per heavy atom. The highest BCUT2D eigenvalue weighted by Gasteiger charge is 2.24. The maximum atomic E-state index is 4.42. The van der Waals surface area contributed by atoms with Crippen LogP contribution in [0.4, 0.5) is 0 Å². The van der Waals surface area contributed by atoms with Gasteiger partial charge in [-0.2, -0.15) is 11.8 Å². The van der Waals surface area contributed by atoms with Gasteiger partial charge in [-0.1, -0.05) is 6.92 Å². The molecule has 0 amide bonds. The molecule has 1 aromatic rings. The van der Waals surface area contributed by atoms with Crippen molar-refractivity contribution in [3.63, 3.8) is 0 Å². The van der Waals surface area contributed by atoms with Crippen LogP contribution in [-0.4, -0.2) is 33.6 Å². The summed E-state index contributed by atoms with van der Waals surface area (Å²) in [5.74, 6) is 4.75. The van der Waals surface area contributed by atoms with E-state index in [1.54, 1.807) is 0 Å². The third-order valence-corrected chi connectivity index (χ3v) is 4.98. The number of hydrogen-bond donors (Lipinski definition) is 1. The van der Waals surface area contributed by atoms with Crippen LogP contribution in [0, 0.1) is 5.92 Å². The lowest BCUT2D eigenvalue weighted by Crippen LogP contribution is -2.37. The summed E-state index contributed by atoms with van der Waals surface area (Å²) in [5, 5.41) is 3.74. The largest absolute Gasteiger partial charge is 0.338 e. The first-order valence-corrected chi connectivity index (χ1v) is 8.24. The SMILES string of the molecule is CCCNC(CCc1nccn1C)C1CCSC1. The zero-order valence-electron chi connectivity index (χ0n) is 11.6. The average molecular weight is 267 g/mol. The molecule has 0 bridgehead atoms. The van der Waals surface area contributed by atoms with E-state index in [9.17, 15) is 0 Å². The predicted octanol–water partition coefficient (Wildman–Crippen LogP) is 2.47. The third-order valence-electron chi connectivity index (χ3n) is 3.79. The van der Waals surface area contributed by atoms with Crippen LogP contribution >= 0.6 is 11.8 Å². The molecule has 4 heteroatoms. The van der Waals surface area contributed by atoms with Gasteiger partial charge in [-0.05, 0) is 43.2 Å². The summed E-state index contributed by atoms with van der Waals surface area (Å²) in [6.45, 7) is 3.39. The van der Waals surface area contributed by atoms with Gasteiger partial charge in [-0.3, -0.25) is 0 Å². The molecule has 0 spiro atoms. The molecule has 3 nitrogen and oxygen atoms in total. The quantitative estimate of drug-likeness (QED) is 0.823. The van der Waals surface area contributed by atoms with E-state index >= 15 is 0 Å². The van der Waals surface area contributed by atoms with E-state index < -0.39 is 0 Å². The highest BCUT2D eigenvalue weighted by atomic mass is 32.2. The Labute approximate surface area is 115 Å². The fourth-order valence-electron chi connectivity index (χ4n) is 2.63. The van der Waals surface area contributed by atoms with Gasteiger partial charge in [0.2, 0.25) is 0 Å². The maximum Gasteiger partial charge on any atom is 0.108 e. The lowest BCUT2D eigenvalue weighted by Gasteiger charge is -2.24. The van der Waals surface area contributed by atoms with Crippen LogP contribution in [0.25, 0.3) is 0 Å². The molecule has 0 aliphatic carbocycles. The second-order valence-corrected chi connectivity index (χ2v) is 6.33. The molecule has 0 radical (unpaired) electrons. The normalized spacial score (nSPS) is 21.3. The number of nitrogens with one attached hydrogen (secondary N) is 1. The monoisotopic (exact) mass is 267 g/mol. The highest BCUT2D eigenvalue weighted by molar-refractivity contribution is 7.99. The molecule has 1 aromatic heterocycles. The van der Waals surface area contributed by atoms with Crippen LogP contribution in [0.1, 0.15) is 32.0 Å². The average Bonchev–Trinajstić information content (AvgIpc) is 3.01. The van der Waals surface area contributed by atoms with Crippen molar-refractivity contribution in [1.82, 2.24) is 14.9 Å². The van der Waals surface area contributed by atoms with E-state index in [-0.39, 0.29) is 0 Å². The molecule has 1 aliphatic rings. The Kier molecular flexibility index (Phi) is 5.57. The summed E-state index contributed by atoms with van der Waals surface area (Å²) in [5.41, 5.74) is 0. The summed E-state index contributed by atoms with van der Waals surface area (Å²) in [6, 6.07) is 0.677. The summed E-state index contributed by atoms with van der Waals surface area (Å²) < 4.78 is 2.14. The maximum absolute atomic E-state index is 4.42. The van der Waals surface area contributed by atoms with Gasteiger partial charge in [-0.25, -0.2) is 4.98 Å². The molecule has 0 saturated carbocycles. The van der Waals surface area contributed by atoms with E-state index in [1.807, 2.05) is 12.4 Å². The van der Waals surface area contributed by atoms with Crippen LogP contribution in [0.5, 0.6) is 0 Å². The molecule has 2 unspecified atom stereocenters. The van der Waals surface area contributed by atoms with Gasteiger partial charge in [0.1, 0.15) is 5.82 Å². The standard InChI is InChI=1S/C14H25N3S/c1-3-7-15-13(12-6-10-18-11-12)4-5-14-16-8-9-17(14)2/h8-9,12-13,15H,3-7,10-11H2,1-2H3. The third kappa shape index (κ3) is 3.75. The molecular weight excluding hydrogens is 242 g/mol. The highest BCUT2D eigenvalue weighted by Crippen LogP contribution is 2.28. The molecule has 2 atom stereocenters. The first-order chi connectivity index (χ1) is 8.81. The lowest BCUT2D eigenvalue weighted by molar-refractivity contribution is 0.359. The van der Waals surface area contributed by atoms with Crippen molar-refractivity contribution in [1.29, 1.82) is 0 Å². The number of imidazole rings is 1. The number of rotatable bonds is 7.